The largest absolute Gasteiger partial charge is 0.361 e. The number of amides is 1. The van der Waals surface area contributed by atoms with Crippen molar-refractivity contribution in [2.24, 2.45) is 5.92 Å². The lowest BCUT2D eigenvalue weighted by Gasteiger charge is -2.33. The zero-order valence-electron chi connectivity index (χ0n) is 23.2. The van der Waals surface area contributed by atoms with Gasteiger partial charge >= 0.3 is 0 Å². The minimum atomic E-state index is -0.0432. The molecule has 11 heteroatoms. The predicted molar refractivity (Wildman–Crippen MR) is 158 cm³/mol. The van der Waals surface area contributed by atoms with Crippen molar-refractivity contribution in [2.75, 3.05) is 37.3 Å². The van der Waals surface area contributed by atoms with Crippen LogP contribution in [0.2, 0.25) is 5.02 Å². The summed E-state index contributed by atoms with van der Waals surface area (Å²) >= 11 is 6.42. The fraction of sp³-hybridized carbons (Fsp3) is 0.367. The van der Waals surface area contributed by atoms with Crippen molar-refractivity contribution >= 4 is 40.6 Å². The zero-order valence-corrected chi connectivity index (χ0v) is 24.0. The lowest BCUT2D eigenvalue weighted by Crippen LogP contribution is -2.41. The van der Waals surface area contributed by atoms with E-state index in [1.165, 1.54) is 11.1 Å². The molecule has 0 aliphatic carbocycles. The van der Waals surface area contributed by atoms with Gasteiger partial charge in [0.2, 0.25) is 5.95 Å². The van der Waals surface area contributed by atoms with Crippen LogP contribution in [0.25, 0.3) is 0 Å². The maximum Gasteiger partial charge on any atom is 0.276 e. The van der Waals surface area contributed by atoms with Crippen molar-refractivity contribution in [3.8, 4) is 0 Å². The SMILES string of the molecule is Cc1cc(C(=O)N2CCC(CN(C)Cc3ccc4cc3CCc3cncc(c3)Nc3ncc(Cl)c(n3)N4)CC2)no1. The third-order valence-corrected chi connectivity index (χ3v) is 7.98. The second-order valence-corrected chi connectivity index (χ2v) is 11.4. The molecule has 10 nitrogen and oxygen atoms in total. The number of halogens is 1. The molecule has 6 bridgehead atoms. The summed E-state index contributed by atoms with van der Waals surface area (Å²) in [7, 11) is 2.18. The Morgan fingerprint density at radius 1 is 1.10 bits per heavy atom. The molecule has 2 N–H and O–H groups in total. The van der Waals surface area contributed by atoms with Gasteiger partial charge in [0.25, 0.3) is 5.91 Å². The van der Waals surface area contributed by atoms with Gasteiger partial charge in [0.1, 0.15) is 10.8 Å². The first kappa shape index (κ1) is 27.2. The number of anilines is 4. The molecule has 2 aliphatic rings. The van der Waals surface area contributed by atoms with Crippen LogP contribution in [0.1, 0.15) is 45.8 Å². The molecule has 1 amide bonds. The maximum absolute atomic E-state index is 12.7. The Kier molecular flexibility index (Phi) is 7.84. The van der Waals surface area contributed by atoms with Gasteiger partial charge in [-0.15, -0.1) is 0 Å². The maximum atomic E-state index is 12.7. The van der Waals surface area contributed by atoms with E-state index >= 15 is 0 Å². The second-order valence-electron chi connectivity index (χ2n) is 11.0. The summed E-state index contributed by atoms with van der Waals surface area (Å²) in [5.41, 5.74) is 5.87. The fourth-order valence-electron chi connectivity index (χ4n) is 5.59. The lowest BCUT2D eigenvalue weighted by atomic mass is 9.95. The first-order valence-corrected chi connectivity index (χ1v) is 14.3. The highest BCUT2D eigenvalue weighted by Gasteiger charge is 2.26. The van der Waals surface area contributed by atoms with Gasteiger partial charge in [-0.1, -0.05) is 22.8 Å². The molecule has 0 saturated carbocycles. The fourth-order valence-corrected chi connectivity index (χ4v) is 5.73. The third-order valence-electron chi connectivity index (χ3n) is 7.71. The molecular formula is C30H33ClN8O2. The van der Waals surface area contributed by atoms with Crippen LogP contribution in [0.4, 0.5) is 23.1 Å². The number of hydrogen-bond acceptors (Lipinski definition) is 9. The number of piperidine rings is 1. The number of nitrogens with zero attached hydrogens (tertiary/aromatic N) is 6. The molecule has 1 aromatic carbocycles. The normalized spacial score (nSPS) is 15.4. The van der Waals surface area contributed by atoms with Crippen molar-refractivity contribution < 1.29 is 9.32 Å². The molecule has 6 rings (SSSR count). The summed E-state index contributed by atoms with van der Waals surface area (Å²) in [5.74, 6) is 2.15. The van der Waals surface area contributed by atoms with Crippen LogP contribution >= 0.6 is 11.6 Å². The van der Waals surface area contributed by atoms with E-state index in [-0.39, 0.29) is 5.91 Å². The molecule has 0 unspecified atom stereocenters. The van der Waals surface area contributed by atoms with E-state index in [2.05, 4.69) is 67.0 Å². The van der Waals surface area contributed by atoms with Crippen LogP contribution in [0.15, 0.2) is 53.4 Å². The number of hydrogen-bond donors (Lipinski definition) is 2. The van der Waals surface area contributed by atoms with E-state index in [9.17, 15) is 4.79 Å². The second kappa shape index (κ2) is 11.8. The number of carbonyl (C=O) groups is 1. The van der Waals surface area contributed by atoms with Crippen LogP contribution in [0.3, 0.4) is 0 Å². The number of rotatable bonds is 5. The Hall–Kier alpha value is -4.02. The van der Waals surface area contributed by atoms with E-state index in [0.29, 0.717) is 34.2 Å². The van der Waals surface area contributed by atoms with E-state index in [1.54, 1.807) is 25.4 Å². The van der Waals surface area contributed by atoms with E-state index in [4.69, 9.17) is 16.1 Å². The van der Waals surface area contributed by atoms with E-state index < -0.39 is 0 Å². The number of nitrogens with one attached hydrogen (secondary N) is 2. The highest BCUT2D eigenvalue weighted by molar-refractivity contribution is 6.32. The minimum Gasteiger partial charge on any atom is -0.361 e. The Labute approximate surface area is 244 Å². The van der Waals surface area contributed by atoms with Crippen molar-refractivity contribution in [3.05, 3.63) is 82.1 Å². The lowest BCUT2D eigenvalue weighted by molar-refractivity contribution is 0.0661. The molecule has 3 aromatic heterocycles. The number of pyridine rings is 1. The van der Waals surface area contributed by atoms with Gasteiger partial charge in [-0.3, -0.25) is 9.78 Å². The molecule has 5 heterocycles. The number of aromatic nitrogens is 4. The zero-order chi connectivity index (χ0) is 28.3. The van der Waals surface area contributed by atoms with E-state index in [1.807, 2.05) is 11.1 Å². The summed E-state index contributed by atoms with van der Waals surface area (Å²) < 4.78 is 5.08. The van der Waals surface area contributed by atoms with Crippen LogP contribution in [0, 0.1) is 12.8 Å². The number of likely N-dealkylation sites (tertiary alicyclic amines) is 1. The van der Waals surface area contributed by atoms with Crippen molar-refractivity contribution in [1.82, 2.24) is 29.9 Å². The Morgan fingerprint density at radius 2 is 1.95 bits per heavy atom. The van der Waals surface area contributed by atoms with Crippen molar-refractivity contribution in [2.45, 2.75) is 39.2 Å². The number of fused-ring (bicyclic) bond motifs is 6. The molecule has 1 saturated heterocycles. The molecule has 0 radical (unpaired) electrons. The highest BCUT2D eigenvalue weighted by Crippen LogP contribution is 2.28. The summed E-state index contributed by atoms with van der Waals surface area (Å²) in [6.45, 7) is 5.09. The average Bonchev–Trinajstić information content (AvgIpc) is 3.41. The Morgan fingerprint density at radius 3 is 2.76 bits per heavy atom. The van der Waals surface area contributed by atoms with Gasteiger partial charge in [0.05, 0.1) is 18.1 Å². The van der Waals surface area contributed by atoms with Crippen LogP contribution < -0.4 is 10.6 Å². The van der Waals surface area contributed by atoms with Gasteiger partial charge in [-0.05, 0) is 80.5 Å². The Balaban J connectivity index is 1.14. The Bertz CT molecular complexity index is 1550. The van der Waals surface area contributed by atoms with Gasteiger partial charge in [0, 0.05) is 44.1 Å². The van der Waals surface area contributed by atoms with Gasteiger partial charge in [-0.25, -0.2) is 4.98 Å². The molecule has 2 aliphatic heterocycles. The van der Waals surface area contributed by atoms with Crippen molar-refractivity contribution in [3.63, 3.8) is 0 Å². The smallest absolute Gasteiger partial charge is 0.276 e. The third kappa shape index (κ3) is 6.49. The van der Waals surface area contributed by atoms with Gasteiger partial charge < -0.3 is 25.0 Å². The molecule has 0 spiro atoms. The minimum absolute atomic E-state index is 0.0432. The first-order valence-electron chi connectivity index (χ1n) is 13.9. The quantitative estimate of drug-likeness (QED) is 0.325. The molecule has 4 aromatic rings. The average molecular weight is 573 g/mol. The number of aryl methyl sites for hydroxylation is 3. The van der Waals surface area contributed by atoms with E-state index in [0.717, 1.165) is 68.8 Å². The predicted octanol–water partition coefficient (Wildman–Crippen LogP) is 5.39. The number of carbonyl (C=O) groups excluding carboxylic acids is 1. The van der Waals surface area contributed by atoms with Crippen LogP contribution in [0.5, 0.6) is 0 Å². The summed E-state index contributed by atoms with van der Waals surface area (Å²) in [5, 5.41) is 10.9. The highest BCUT2D eigenvalue weighted by atomic mass is 35.5. The van der Waals surface area contributed by atoms with Gasteiger partial charge in [-0.2, -0.15) is 4.98 Å². The van der Waals surface area contributed by atoms with Crippen molar-refractivity contribution in [1.29, 1.82) is 0 Å². The number of benzene rings is 1. The standard InChI is InChI=1S/C30H33ClN8O2/c1-19-11-27(37-41-19)29(40)39-9-7-20(8-10-39)17-38(2)18-23-5-6-24-13-22(23)4-3-21-12-25(15-32-14-21)35-30-33-16-26(31)28(34-24)36-30/h5-6,11-16,20H,3-4,7-10,17-18H2,1-2H3,(H2,33,34,35,36). The molecule has 1 fully saturated rings. The van der Waals surface area contributed by atoms with Crippen LogP contribution in [-0.2, 0) is 19.4 Å². The molecule has 41 heavy (non-hydrogen) atoms. The molecular weight excluding hydrogens is 540 g/mol. The summed E-state index contributed by atoms with van der Waals surface area (Å²) in [6.07, 6.45) is 8.96. The summed E-state index contributed by atoms with van der Waals surface area (Å²) in [4.78, 5) is 30.3. The molecule has 212 valence electrons. The molecule has 0 atom stereocenters. The first-order chi connectivity index (χ1) is 19.9. The summed E-state index contributed by atoms with van der Waals surface area (Å²) in [6, 6.07) is 10.3. The monoisotopic (exact) mass is 572 g/mol. The van der Waals surface area contributed by atoms with Gasteiger partial charge in [0.15, 0.2) is 11.5 Å². The van der Waals surface area contributed by atoms with Crippen LogP contribution in [-0.4, -0.2) is 62.5 Å². The topological polar surface area (TPSA) is 112 Å².